The SMILES string of the molecule is COCCNC(=O)c1nc(C)c(C)c(N2CC[C@@H](N)C2)n1. The molecule has 1 aliphatic rings. The Kier molecular flexibility index (Phi) is 5.08. The molecule has 0 bridgehead atoms. The van der Waals surface area contributed by atoms with Crippen molar-refractivity contribution < 1.29 is 9.53 Å². The van der Waals surface area contributed by atoms with E-state index in [9.17, 15) is 4.79 Å². The van der Waals surface area contributed by atoms with Gasteiger partial charge in [0.05, 0.1) is 6.61 Å². The second kappa shape index (κ2) is 6.82. The molecular formula is C14H23N5O2. The van der Waals surface area contributed by atoms with E-state index < -0.39 is 0 Å². The van der Waals surface area contributed by atoms with Crippen LogP contribution >= 0.6 is 0 Å². The Morgan fingerprint density at radius 2 is 2.24 bits per heavy atom. The summed E-state index contributed by atoms with van der Waals surface area (Å²) in [6.07, 6.45) is 0.942. The van der Waals surface area contributed by atoms with Crippen molar-refractivity contribution in [3.63, 3.8) is 0 Å². The summed E-state index contributed by atoms with van der Waals surface area (Å²) in [7, 11) is 1.59. The molecule has 1 aromatic rings. The van der Waals surface area contributed by atoms with Crippen LogP contribution in [0.25, 0.3) is 0 Å². The number of carbonyl (C=O) groups excluding carboxylic acids is 1. The highest BCUT2D eigenvalue weighted by Crippen LogP contribution is 2.23. The fourth-order valence-corrected chi connectivity index (χ4v) is 2.35. The maximum atomic E-state index is 12.1. The van der Waals surface area contributed by atoms with E-state index >= 15 is 0 Å². The zero-order valence-corrected chi connectivity index (χ0v) is 12.8. The number of rotatable bonds is 5. The minimum atomic E-state index is -0.278. The topological polar surface area (TPSA) is 93.4 Å². The average molecular weight is 293 g/mol. The molecule has 2 rings (SSSR count). The van der Waals surface area contributed by atoms with Crippen molar-refractivity contribution in [3.8, 4) is 0 Å². The van der Waals surface area contributed by atoms with Crippen LogP contribution in [-0.2, 0) is 4.74 Å². The van der Waals surface area contributed by atoms with Gasteiger partial charge in [-0.15, -0.1) is 0 Å². The third-order valence-corrected chi connectivity index (χ3v) is 3.68. The van der Waals surface area contributed by atoms with E-state index in [4.69, 9.17) is 10.5 Å². The van der Waals surface area contributed by atoms with E-state index in [1.54, 1.807) is 7.11 Å². The number of aromatic nitrogens is 2. The summed E-state index contributed by atoms with van der Waals surface area (Å²) < 4.78 is 4.91. The third-order valence-electron chi connectivity index (χ3n) is 3.68. The number of nitrogens with one attached hydrogen (secondary N) is 1. The second-order valence-corrected chi connectivity index (χ2v) is 5.32. The van der Waals surface area contributed by atoms with Crippen molar-refractivity contribution in [1.82, 2.24) is 15.3 Å². The lowest BCUT2D eigenvalue weighted by molar-refractivity contribution is 0.0926. The molecule has 1 amide bonds. The van der Waals surface area contributed by atoms with Gasteiger partial charge < -0.3 is 20.7 Å². The van der Waals surface area contributed by atoms with Crippen LogP contribution in [0.3, 0.4) is 0 Å². The number of hydrogen-bond acceptors (Lipinski definition) is 6. The van der Waals surface area contributed by atoms with Gasteiger partial charge in [-0.1, -0.05) is 0 Å². The van der Waals surface area contributed by atoms with E-state index in [2.05, 4.69) is 20.2 Å². The van der Waals surface area contributed by atoms with Crippen LogP contribution < -0.4 is 16.0 Å². The van der Waals surface area contributed by atoms with Gasteiger partial charge in [-0.2, -0.15) is 0 Å². The van der Waals surface area contributed by atoms with E-state index in [0.29, 0.717) is 13.2 Å². The quantitative estimate of drug-likeness (QED) is 0.743. The van der Waals surface area contributed by atoms with Gasteiger partial charge in [-0.25, -0.2) is 9.97 Å². The van der Waals surface area contributed by atoms with Gasteiger partial charge in [0.2, 0.25) is 5.82 Å². The molecule has 0 aromatic carbocycles. The first-order valence-electron chi connectivity index (χ1n) is 7.15. The molecule has 2 heterocycles. The Balaban J connectivity index is 2.20. The first-order valence-corrected chi connectivity index (χ1v) is 7.15. The summed E-state index contributed by atoms with van der Waals surface area (Å²) in [6.45, 7) is 6.40. The van der Waals surface area contributed by atoms with Crippen molar-refractivity contribution in [2.45, 2.75) is 26.3 Å². The average Bonchev–Trinajstić information content (AvgIpc) is 2.88. The van der Waals surface area contributed by atoms with E-state index in [0.717, 1.165) is 36.6 Å². The van der Waals surface area contributed by atoms with Crippen molar-refractivity contribution in [2.24, 2.45) is 5.73 Å². The lowest BCUT2D eigenvalue weighted by Gasteiger charge is -2.20. The standard InChI is InChI=1S/C14H23N5O2/c1-9-10(2)17-12(14(20)16-5-7-21-3)18-13(9)19-6-4-11(15)8-19/h11H,4-8,15H2,1-3H3,(H,16,20)/t11-/m1/s1. The number of nitrogens with two attached hydrogens (primary N) is 1. The number of carbonyl (C=O) groups is 1. The van der Waals surface area contributed by atoms with Gasteiger partial charge in [0, 0.05) is 44.0 Å². The minimum absolute atomic E-state index is 0.165. The van der Waals surface area contributed by atoms with Gasteiger partial charge in [0.1, 0.15) is 5.82 Å². The van der Waals surface area contributed by atoms with Gasteiger partial charge in [-0.05, 0) is 20.3 Å². The van der Waals surface area contributed by atoms with Crippen LogP contribution in [-0.4, -0.2) is 55.3 Å². The molecule has 1 aromatic heterocycles. The maximum absolute atomic E-state index is 12.1. The summed E-state index contributed by atoms with van der Waals surface area (Å²) in [6, 6.07) is 0.165. The van der Waals surface area contributed by atoms with Gasteiger partial charge in [0.15, 0.2) is 0 Å². The highest BCUT2D eigenvalue weighted by Gasteiger charge is 2.24. The molecule has 1 saturated heterocycles. The summed E-state index contributed by atoms with van der Waals surface area (Å²) in [5.41, 5.74) is 7.77. The Morgan fingerprint density at radius 1 is 1.48 bits per heavy atom. The normalized spacial score (nSPS) is 18.1. The summed E-state index contributed by atoms with van der Waals surface area (Å²) in [5.74, 6) is 0.733. The molecule has 0 unspecified atom stereocenters. The summed E-state index contributed by atoms with van der Waals surface area (Å²) in [4.78, 5) is 22.9. The van der Waals surface area contributed by atoms with E-state index in [1.165, 1.54) is 0 Å². The summed E-state index contributed by atoms with van der Waals surface area (Å²) in [5, 5.41) is 2.74. The molecule has 7 nitrogen and oxygen atoms in total. The van der Waals surface area contributed by atoms with Gasteiger partial charge in [0.25, 0.3) is 5.91 Å². The van der Waals surface area contributed by atoms with Crippen LogP contribution in [0.15, 0.2) is 0 Å². The highest BCUT2D eigenvalue weighted by atomic mass is 16.5. The summed E-state index contributed by atoms with van der Waals surface area (Å²) >= 11 is 0. The van der Waals surface area contributed by atoms with Crippen LogP contribution in [0, 0.1) is 13.8 Å². The van der Waals surface area contributed by atoms with Gasteiger partial charge >= 0.3 is 0 Å². The number of anilines is 1. The highest BCUT2D eigenvalue weighted by molar-refractivity contribution is 5.91. The number of ether oxygens (including phenoxy) is 1. The zero-order valence-electron chi connectivity index (χ0n) is 12.8. The predicted octanol–water partition coefficient (Wildman–Crippen LogP) is 0.00704. The molecule has 1 fully saturated rings. The molecule has 1 atom stereocenters. The molecule has 0 aliphatic carbocycles. The molecule has 21 heavy (non-hydrogen) atoms. The lowest BCUT2D eigenvalue weighted by atomic mass is 10.2. The molecule has 116 valence electrons. The monoisotopic (exact) mass is 293 g/mol. The molecule has 7 heteroatoms. The first-order chi connectivity index (χ1) is 10.0. The molecule has 0 saturated carbocycles. The van der Waals surface area contributed by atoms with Crippen LogP contribution in [0.1, 0.15) is 28.3 Å². The van der Waals surface area contributed by atoms with E-state index in [1.807, 2.05) is 13.8 Å². The third kappa shape index (κ3) is 3.68. The Labute approximate surface area is 124 Å². The van der Waals surface area contributed by atoms with Crippen molar-refractivity contribution in [1.29, 1.82) is 0 Å². The number of aryl methyl sites for hydroxylation is 1. The lowest BCUT2D eigenvalue weighted by Crippen LogP contribution is -2.31. The van der Waals surface area contributed by atoms with Crippen molar-refractivity contribution >= 4 is 11.7 Å². The Hall–Kier alpha value is -1.73. The molecular weight excluding hydrogens is 270 g/mol. The van der Waals surface area contributed by atoms with Gasteiger partial charge in [-0.3, -0.25) is 4.79 Å². The number of hydrogen-bond donors (Lipinski definition) is 2. The molecule has 1 aliphatic heterocycles. The maximum Gasteiger partial charge on any atom is 0.289 e. The number of methoxy groups -OCH3 is 1. The van der Waals surface area contributed by atoms with Crippen LogP contribution in [0.5, 0.6) is 0 Å². The van der Waals surface area contributed by atoms with E-state index in [-0.39, 0.29) is 17.8 Å². The largest absolute Gasteiger partial charge is 0.383 e. The smallest absolute Gasteiger partial charge is 0.289 e. The number of amides is 1. The van der Waals surface area contributed by atoms with Crippen LogP contribution in [0.2, 0.25) is 0 Å². The Morgan fingerprint density at radius 3 is 2.86 bits per heavy atom. The molecule has 3 N–H and O–H groups in total. The molecule has 0 radical (unpaired) electrons. The predicted molar refractivity (Wildman–Crippen MR) is 80.5 cm³/mol. The number of nitrogens with zero attached hydrogens (tertiary/aromatic N) is 3. The van der Waals surface area contributed by atoms with Crippen LogP contribution in [0.4, 0.5) is 5.82 Å². The zero-order chi connectivity index (χ0) is 15.4. The fraction of sp³-hybridized carbons (Fsp3) is 0.643. The van der Waals surface area contributed by atoms with Crippen molar-refractivity contribution in [2.75, 3.05) is 38.3 Å². The van der Waals surface area contributed by atoms with Crippen molar-refractivity contribution in [3.05, 3.63) is 17.1 Å². The minimum Gasteiger partial charge on any atom is -0.383 e. The fourth-order valence-electron chi connectivity index (χ4n) is 2.35. The second-order valence-electron chi connectivity index (χ2n) is 5.32. The Bertz CT molecular complexity index is 520. The first kappa shape index (κ1) is 15.7. The molecule has 0 spiro atoms.